The van der Waals surface area contributed by atoms with Crippen LogP contribution in [0.2, 0.25) is 0 Å². The zero-order valence-corrected chi connectivity index (χ0v) is 17.9. The van der Waals surface area contributed by atoms with Crippen LogP contribution in [0.15, 0.2) is 82.2 Å². The average Bonchev–Trinajstić information content (AvgIpc) is 2.66. The Balaban J connectivity index is 1.95. The highest BCUT2D eigenvalue weighted by Crippen LogP contribution is 2.26. The summed E-state index contributed by atoms with van der Waals surface area (Å²) >= 11 is 3.33. The summed E-state index contributed by atoms with van der Waals surface area (Å²) in [4.78, 5) is 12.6. The summed E-state index contributed by atoms with van der Waals surface area (Å²) in [6, 6.07) is 18.4. The predicted octanol–water partition coefficient (Wildman–Crippen LogP) is 4.73. The van der Waals surface area contributed by atoms with Crippen LogP contribution in [0, 0.1) is 12.7 Å². The molecule has 0 aliphatic rings. The van der Waals surface area contributed by atoms with Gasteiger partial charge in [-0.05, 0) is 55.5 Å². The Morgan fingerprint density at radius 3 is 2.38 bits per heavy atom. The van der Waals surface area contributed by atoms with Crippen LogP contribution in [-0.4, -0.2) is 20.9 Å². The van der Waals surface area contributed by atoms with E-state index in [1.54, 1.807) is 36.4 Å². The summed E-state index contributed by atoms with van der Waals surface area (Å²) in [6.07, 6.45) is 0. The number of nitrogens with zero attached hydrogens (tertiary/aromatic N) is 1. The van der Waals surface area contributed by atoms with E-state index in [-0.39, 0.29) is 10.6 Å². The van der Waals surface area contributed by atoms with E-state index in [9.17, 15) is 17.6 Å². The topological polar surface area (TPSA) is 66.5 Å². The van der Waals surface area contributed by atoms with Gasteiger partial charge in [-0.25, -0.2) is 12.8 Å². The van der Waals surface area contributed by atoms with Crippen molar-refractivity contribution in [2.24, 2.45) is 0 Å². The Kier molecular flexibility index (Phi) is 6.34. The highest BCUT2D eigenvalue weighted by atomic mass is 79.9. The van der Waals surface area contributed by atoms with Crippen molar-refractivity contribution in [3.8, 4) is 0 Å². The van der Waals surface area contributed by atoms with Crippen LogP contribution >= 0.6 is 15.9 Å². The fourth-order valence-electron chi connectivity index (χ4n) is 2.68. The molecule has 0 aliphatic heterocycles. The van der Waals surface area contributed by atoms with Gasteiger partial charge in [0.1, 0.15) is 12.4 Å². The van der Waals surface area contributed by atoms with Crippen molar-refractivity contribution in [1.29, 1.82) is 0 Å². The maximum atomic E-state index is 13.4. The van der Waals surface area contributed by atoms with Crippen LogP contribution in [0.4, 0.5) is 15.8 Å². The lowest BCUT2D eigenvalue weighted by Gasteiger charge is -2.24. The van der Waals surface area contributed by atoms with Gasteiger partial charge in [-0.1, -0.05) is 45.8 Å². The van der Waals surface area contributed by atoms with E-state index in [1.807, 2.05) is 6.92 Å². The Bertz CT molecular complexity index is 1130. The second kappa shape index (κ2) is 8.75. The van der Waals surface area contributed by atoms with Gasteiger partial charge in [0.05, 0.1) is 10.6 Å². The number of sulfonamides is 1. The molecule has 0 spiro atoms. The lowest BCUT2D eigenvalue weighted by Crippen LogP contribution is -2.38. The molecule has 3 aromatic rings. The fraction of sp³-hybridized carbons (Fsp3) is 0.0952. The van der Waals surface area contributed by atoms with Crippen molar-refractivity contribution in [1.82, 2.24) is 0 Å². The Morgan fingerprint density at radius 2 is 1.72 bits per heavy atom. The number of carbonyl (C=O) groups excluding carboxylic acids is 1. The van der Waals surface area contributed by atoms with Gasteiger partial charge in [0, 0.05) is 10.2 Å². The molecule has 29 heavy (non-hydrogen) atoms. The van der Waals surface area contributed by atoms with E-state index in [0.717, 1.165) is 15.9 Å². The molecule has 5 nitrogen and oxygen atoms in total. The number of hydrogen-bond donors (Lipinski definition) is 1. The number of benzene rings is 3. The molecule has 1 N–H and O–H groups in total. The van der Waals surface area contributed by atoms with Crippen LogP contribution in [0.5, 0.6) is 0 Å². The van der Waals surface area contributed by atoms with Crippen molar-refractivity contribution in [3.05, 3.63) is 88.6 Å². The van der Waals surface area contributed by atoms with Crippen LogP contribution in [-0.2, 0) is 14.8 Å². The first-order chi connectivity index (χ1) is 13.8. The molecule has 0 aliphatic carbocycles. The smallest absolute Gasteiger partial charge is 0.264 e. The van der Waals surface area contributed by atoms with Gasteiger partial charge in [-0.15, -0.1) is 0 Å². The van der Waals surface area contributed by atoms with Crippen LogP contribution < -0.4 is 9.62 Å². The lowest BCUT2D eigenvalue weighted by atomic mass is 10.2. The number of anilines is 2. The molecule has 150 valence electrons. The molecular weight excluding hydrogens is 459 g/mol. The number of hydrogen-bond acceptors (Lipinski definition) is 3. The predicted molar refractivity (Wildman–Crippen MR) is 115 cm³/mol. The second-order valence-electron chi connectivity index (χ2n) is 6.36. The number of nitrogens with one attached hydrogen (secondary N) is 1. The molecule has 0 bridgehead atoms. The molecule has 0 saturated carbocycles. The highest BCUT2D eigenvalue weighted by Gasteiger charge is 2.27. The lowest BCUT2D eigenvalue weighted by molar-refractivity contribution is -0.114. The summed E-state index contributed by atoms with van der Waals surface area (Å²) in [5, 5.41) is 2.53. The van der Waals surface area contributed by atoms with E-state index in [1.165, 1.54) is 30.3 Å². The van der Waals surface area contributed by atoms with E-state index in [0.29, 0.717) is 10.2 Å². The molecule has 0 unspecified atom stereocenters. The molecule has 0 radical (unpaired) electrons. The number of rotatable bonds is 6. The van der Waals surface area contributed by atoms with Gasteiger partial charge in [0.25, 0.3) is 10.0 Å². The van der Waals surface area contributed by atoms with Crippen molar-refractivity contribution in [2.75, 3.05) is 16.2 Å². The molecule has 3 aromatic carbocycles. The zero-order valence-electron chi connectivity index (χ0n) is 15.5. The number of halogens is 2. The molecule has 0 aromatic heterocycles. The summed E-state index contributed by atoms with van der Waals surface area (Å²) in [7, 11) is -4.01. The third kappa shape index (κ3) is 5.21. The van der Waals surface area contributed by atoms with Gasteiger partial charge in [-0.2, -0.15) is 0 Å². The number of amides is 1. The van der Waals surface area contributed by atoms with Crippen molar-refractivity contribution in [3.63, 3.8) is 0 Å². The van der Waals surface area contributed by atoms with Crippen molar-refractivity contribution >= 4 is 43.2 Å². The first-order valence-corrected chi connectivity index (χ1v) is 10.9. The van der Waals surface area contributed by atoms with Crippen LogP contribution in [0.3, 0.4) is 0 Å². The quantitative estimate of drug-likeness (QED) is 0.558. The zero-order chi connectivity index (χ0) is 21.0. The fourth-order valence-corrected chi connectivity index (χ4v) is 4.48. The Labute approximate surface area is 177 Å². The summed E-state index contributed by atoms with van der Waals surface area (Å²) in [5.41, 5.74) is 1.49. The normalized spacial score (nSPS) is 11.1. The third-order valence-corrected chi connectivity index (χ3v) is 6.38. The van der Waals surface area contributed by atoms with Gasteiger partial charge in [0.2, 0.25) is 5.91 Å². The van der Waals surface area contributed by atoms with Gasteiger partial charge in [-0.3, -0.25) is 9.10 Å². The van der Waals surface area contributed by atoms with Crippen molar-refractivity contribution in [2.45, 2.75) is 11.8 Å². The van der Waals surface area contributed by atoms with E-state index in [4.69, 9.17) is 0 Å². The Morgan fingerprint density at radius 1 is 1.03 bits per heavy atom. The summed E-state index contributed by atoms with van der Waals surface area (Å²) in [5.74, 6) is -1.09. The first kappa shape index (κ1) is 21.0. The van der Waals surface area contributed by atoms with Gasteiger partial charge in [0.15, 0.2) is 0 Å². The van der Waals surface area contributed by atoms with Gasteiger partial charge < -0.3 is 5.32 Å². The number of aryl methyl sites for hydroxylation is 1. The number of carbonyl (C=O) groups is 1. The second-order valence-corrected chi connectivity index (χ2v) is 9.14. The molecule has 0 saturated heterocycles. The minimum Gasteiger partial charge on any atom is -0.324 e. The van der Waals surface area contributed by atoms with Crippen LogP contribution in [0.25, 0.3) is 0 Å². The monoisotopic (exact) mass is 476 g/mol. The standard InChI is InChI=1S/C21H18BrFN2O3S/c1-15-8-10-20(11-9-15)29(27,28)25(19-7-2-4-16(22)12-19)14-21(26)24-18-6-3-5-17(23)13-18/h2-13H,14H2,1H3,(H,24,26). The maximum Gasteiger partial charge on any atom is 0.264 e. The largest absolute Gasteiger partial charge is 0.324 e. The minimum atomic E-state index is -4.01. The highest BCUT2D eigenvalue weighted by molar-refractivity contribution is 9.10. The van der Waals surface area contributed by atoms with Crippen molar-refractivity contribution < 1.29 is 17.6 Å². The Hall–Kier alpha value is -2.71. The third-order valence-electron chi connectivity index (χ3n) is 4.10. The van der Waals surface area contributed by atoms with E-state index < -0.39 is 28.3 Å². The van der Waals surface area contributed by atoms with Crippen LogP contribution in [0.1, 0.15) is 5.56 Å². The van der Waals surface area contributed by atoms with Gasteiger partial charge >= 0.3 is 0 Å². The molecule has 8 heteroatoms. The average molecular weight is 477 g/mol. The first-order valence-electron chi connectivity index (χ1n) is 8.66. The molecular formula is C21H18BrFN2O3S. The maximum absolute atomic E-state index is 13.4. The molecule has 0 atom stereocenters. The minimum absolute atomic E-state index is 0.0710. The van der Waals surface area contributed by atoms with E-state index in [2.05, 4.69) is 21.2 Å². The van der Waals surface area contributed by atoms with E-state index >= 15 is 0 Å². The molecule has 0 heterocycles. The molecule has 1 amide bonds. The molecule has 0 fully saturated rings. The summed E-state index contributed by atoms with van der Waals surface area (Å²) < 4.78 is 41.6. The summed E-state index contributed by atoms with van der Waals surface area (Å²) in [6.45, 7) is 1.39. The SMILES string of the molecule is Cc1ccc(S(=O)(=O)N(CC(=O)Nc2cccc(F)c2)c2cccc(Br)c2)cc1. The molecule has 3 rings (SSSR count).